The summed E-state index contributed by atoms with van der Waals surface area (Å²) in [6.45, 7) is 0. The molecule has 2 aromatic heterocycles. The van der Waals surface area contributed by atoms with Gasteiger partial charge in [-0.15, -0.1) is 0 Å². The Kier molecular flexibility index (Phi) is 5.95. The Balaban J connectivity index is 1.40. The summed E-state index contributed by atoms with van der Waals surface area (Å²) in [5.41, 5.74) is 6.72. The first-order valence-corrected chi connectivity index (χ1v) is 12.9. The summed E-state index contributed by atoms with van der Waals surface area (Å²) >= 11 is 0. The third-order valence-corrected chi connectivity index (χ3v) is 7.74. The summed E-state index contributed by atoms with van der Waals surface area (Å²) in [5.74, 6) is -0.780. The Morgan fingerprint density at radius 2 is 1.68 bits per heavy atom. The predicted molar refractivity (Wildman–Crippen MR) is 143 cm³/mol. The average molecular weight is 514 g/mol. The van der Waals surface area contributed by atoms with Crippen LogP contribution in [-0.2, 0) is 4.79 Å². The van der Waals surface area contributed by atoms with Gasteiger partial charge in [0, 0.05) is 12.1 Å². The van der Waals surface area contributed by atoms with Gasteiger partial charge in [-0.25, -0.2) is 18.7 Å². The van der Waals surface area contributed by atoms with E-state index in [0.717, 1.165) is 23.4 Å². The highest BCUT2D eigenvalue weighted by atomic mass is 19.1. The van der Waals surface area contributed by atoms with Crippen molar-refractivity contribution in [3.63, 3.8) is 0 Å². The van der Waals surface area contributed by atoms with Crippen LogP contribution in [0.5, 0.6) is 0 Å². The zero-order chi connectivity index (χ0) is 26.4. The first-order valence-electron chi connectivity index (χ1n) is 12.9. The van der Waals surface area contributed by atoms with Gasteiger partial charge in [0.1, 0.15) is 5.82 Å². The molecule has 38 heavy (non-hydrogen) atoms. The van der Waals surface area contributed by atoms with Gasteiger partial charge in [0.2, 0.25) is 5.91 Å². The lowest BCUT2D eigenvalue weighted by Crippen LogP contribution is -2.49. The van der Waals surface area contributed by atoms with Crippen molar-refractivity contribution < 1.29 is 9.18 Å². The van der Waals surface area contributed by atoms with Crippen molar-refractivity contribution in [1.29, 1.82) is 0 Å². The van der Waals surface area contributed by atoms with Crippen molar-refractivity contribution in [3.05, 3.63) is 93.5 Å². The molecule has 2 aromatic carbocycles. The molecule has 0 bridgehead atoms. The first-order chi connectivity index (χ1) is 18.3. The summed E-state index contributed by atoms with van der Waals surface area (Å²) in [5, 5.41) is 3.07. The lowest BCUT2D eigenvalue weighted by molar-refractivity contribution is -0.124. The molecule has 0 atom stereocenters. The molecule has 0 spiro atoms. The quantitative estimate of drug-likeness (QED) is 0.425. The second-order valence-electron chi connectivity index (χ2n) is 10.4. The fraction of sp³-hybridized carbons (Fsp3) is 0.310. The maximum Gasteiger partial charge on any atom is 0.337 e. The van der Waals surface area contributed by atoms with Crippen molar-refractivity contribution >= 4 is 16.9 Å². The molecule has 0 aliphatic heterocycles. The van der Waals surface area contributed by atoms with Crippen molar-refractivity contribution in [2.45, 2.75) is 56.1 Å². The van der Waals surface area contributed by atoms with E-state index in [2.05, 4.69) is 10.3 Å². The second kappa shape index (κ2) is 9.33. The van der Waals surface area contributed by atoms with Crippen LogP contribution in [0.4, 0.5) is 4.39 Å². The zero-order valence-electron chi connectivity index (χ0n) is 20.8. The summed E-state index contributed by atoms with van der Waals surface area (Å²) in [6.07, 6.45) is 4.67. The van der Waals surface area contributed by atoms with Gasteiger partial charge in [0.05, 0.1) is 22.8 Å². The number of nitrogens with zero attached hydrogens (tertiary/aromatic N) is 3. The molecule has 0 radical (unpaired) electrons. The van der Waals surface area contributed by atoms with Gasteiger partial charge in [-0.05, 0) is 67.9 Å². The number of aromatic nitrogens is 3. The lowest BCUT2D eigenvalue weighted by atomic mass is 9.90. The minimum atomic E-state index is -0.745. The lowest BCUT2D eigenvalue weighted by Gasteiger charge is -2.31. The van der Waals surface area contributed by atoms with Crippen molar-refractivity contribution in [2.75, 3.05) is 0 Å². The number of benzene rings is 2. The third kappa shape index (κ3) is 4.32. The van der Waals surface area contributed by atoms with Crippen LogP contribution in [-0.4, -0.2) is 31.6 Å². The highest BCUT2D eigenvalue weighted by molar-refractivity contribution is 5.89. The fourth-order valence-corrected chi connectivity index (χ4v) is 5.36. The van der Waals surface area contributed by atoms with E-state index in [1.165, 1.54) is 9.13 Å². The molecule has 2 aliphatic carbocycles. The molecular weight excluding hydrogens is 485 g/mol. The number of carbonyl (C=O) groups excluding carboxylic acids is 1. The molecule has 194 valence electrons. The number of pyridine rings is 1. The number of hydrogen-bond acceptors (Lipinski definition) is 5. The van der Waals surface area contributed by atoms with E-state index in [1.54, 1.807) is 6.07 Å². The van der Waals surface area contributed by atoms with Crippen molar-refractivity contribution in [2.24, 2.45) is 5.73 Å². The molecule has 2 aliphatic rings. The van der Waals surface area contributed by atoms with Gasteiger partial charge >= 0.3 is 5.69 Å². The molecule has 3 N–H and O–H groups in total. The van der Waals surface area contributed by atoms with E-state index in [0.29, 0.717) is 44.2 Å². The van der Waals surface area contributed by atoms with Gasteiger partial charge in [-0.3, -0.25) is 14.2 Å². The number of amides is 1. The second-order valence-corrected chi connectivity index (χ2v) is 10.4. The number of carbonyl (C=O) groups is 1. The van der Waals surface area contributed by atoms with E-state index in [1.807, 2.05) is 48.5 Å². The molecule has 8 nitrogen and oxygen atoms in total. The molecule has 2 fully saturated rings. The maximum absolute atomic E-state index is 14.2. The van der Waals surface area contributed by atoms with E-state index in [-0.39, 0.29) is 29.0 Å². The Hall–Kier alpha value is -4.11. The van der Waals surface area contributed by atoms with E-state index >= 15 is 0 Å². The molecule has 2 saturated carbocycles. The third-order valence-electron chi connectivity index (χ3n) is 7.74. The standard InChI is InChI=1S/C29H28FN5O3/c30-20-16-24-25(32-17-20)34(23-8-4-7-19(15-23)18-5-2-1-3-6-18)28(38)35(26(24)36)22-11-9-21(10-12-22)33-27(37)29(31)13-14-29/h1-8,15-17,21-22H,9-14,31H2,(H,33,37). The summed E-state index contributed by atoms with van der Waals surface area (Å²) in [6, 6.07) is 17.9. The Morgan fingerprint density at radius 3 is 2.39 bits per heavy atom. The minimum Gasteiger partial charge on any atom is -0.352 e. The summed E-state index contributed by atoms with van der Waals surface area (Å²) in [4.78, 5) is 44.0. The molecule has 9 heteroatoms. The predicted octanol–water partition coefficient (Wildman–Crippen LogP) is 3.44. The molecule has 2 heterocycles. The summed E-state index contributed by atoms with van der Waals surface area (Å²) in [7, 11) is 0. The normalized spacial score (nSPS) is 20.3. The van der Waals surface area contributed by atoms with Gasteiger partial charge in [0.15, 0.2) is 5.65 Å². The highest BCUT2D eigenvalue weighted by Crippen LogP contribution is 2.34. The molecule has 4 aromatic rings. The Morgan fingerprint density at radius 1 is 0.974 bits per heavy atom. The van der Waals surface area contributed by atoms with Crippen LogP contribution in [0.25, 0.3) is 27.8 Å². The minimum absolute atomic E-state index is 0.0453. The van der Waals surface area contributed by atoms with Crippen LogP contribution in [0, 0.1) is 5.82 Å². The zero-order valence-corrected chi connectivity index (χ0v) is 20.8. The number of hydrogen-bond donors (Lipinski definition) is 2. The number of rotatable bonds is 5. The van der Waals surface area contributed by atoms with Crippen LogP contribution in [0.2, 0.25) is 0 Å². The van der Waals surface area contributed by atoms with Gasteiger partial charge in [-0.1, -0.05) is 42.5 Å². The molecule has 6 rings (SSSR count). The summed E-state index contributed by atoms with van der Waals surface area (Å²) < 4.78 is 16.9. The average Bonchev–Trinajstić information content (AvgIpc) is 3.69. The highest BCUT2D eigenvalue weighted by Gasteiger charge is 2.46. The number of fused-ring (bicyclic) bond motifs is 1. The number of nitrogens with two attached hydrogens (primary N) is 1. The Labute approximate surface area is 217 Å². The van der Waals surface area contributed by atoms with Crippen LogP contribution < -0.4 is 22.3 Å². The SMILES string of the molecule is NC1(C(=O)NC2CCC(n3c(=O)c4cc(F)cnc4n(-c4cccc(-c5ccccc5)c4)c3=O)CC2)CC1. The van der Waals surface area contributed by atoms with Crippen molar-refractivity contribution in [3.8, 4) is 16.8 Å². The van der Waals surface area contributed by atoms with E-state index < -0.39 is 22.6 Å². The Bertz CT molecular complexity index is 1650. The topological polar surface area (TPSA) is 112 Å². The monoisotopic (exact) mass is 513 g/mol. The van der Waals surface area contributed by atoms with Crippen LogP contribution in [0.3, 0.4) is 0 Å². The van der Waals surface area contributed by atoms with E-state index in [4.69, 9.17) is 5.73 Å². The van der Waals surface area contributed by atoms with Gasteiger partial charge in [0.25, 0.3) is 5.56 Å². The van der Waals surface area contributed by atoms with Crippen molar-refractivity contribution in [1.82, 2.24) is 19.4 Å². The molecule has 0 unspecified atom stereocenters. The van der Waals surface area contributed by atoms with Crippen LogP contribution in [0.1, 0.15) is 44.6 Å². The van der Waals surface area contributed by atoms with Crippen LogP contribution >= 0.6 is 0 Å². The smallest absolute Gasteiger partial charge is 0.337 e. The molecular formula is C29H28FN5O3. The molecule has 1 amide bonds. The van der Waals surface area contributed by atoms with Crippen LogP contribution in [0.15, 0.2) is 76.4 Å². The van der Waals surface area contributed by atoms with Gasteiger partial charge in [-0.2, -0.15) is 0 Å². The van der Waals surface area contributed by atoms with E-state index in [9.17, 15) is 18.8 Å². The first kappa shape index (κ1) is 24.2. The maximum atomic E-state index is 14.2. The number of halogens is 1. The number of nitrogens with one attached hydrogen (secondary N) is 1. The van der Waals surface area contributed by atoms with Gasteiger partial charge < -0.3 is 11.1 Å². The molecule has 0 saturated heterocycles. The fourth-order valence-electron chi connectivity index (χ4n) is 5.36. The largest absolute Gasteiger partial charge is 0.352 e.